The van der Waals surface area contributed by atoms with Crippen molar-refractivity contribution in [3.63, 3.8) is 0 Å². The molecular formula is C20H20N2OS. The first-order valence-electron chi connectivity index (χ1n) is 8.35. The molecule has 1 aliphatic rings. The maximum absolute atomic E-state index is 5.86. The van der Waals surface area contributed by atoms with Crippen molar-refractivity contribution in [2.75, 3.05) is 6.61 Å². The zero-order valence-corrected chi connectivity index (χ0v) is 14.3. The molecule has 0 radical (unpaired) electrons. The number of thiazole rings is 1. The van der Waals surface area contributed by atoms with Crippen molar-refractivity contribution in [1.82, 2.24) is 4.57 Å². The average molecular weight is 336 g/mol. The van der Waals surface area contributed by atoms with E-state index in [4.69, 9.17) is 9.73 Å². The Hall–Kier alpha value is -2.17. The number of ether oxygens (including phenoxy) is 1. The summed E-state index contributed by atoms with van der Waals surface area (Å²) in [6, 6.07) is 20.7. The van der Waals surface area contributed by atoms with Gasteiger partial charge >= 0.3 is 0 Å². The van der Waals surface area contributed by atoms with Crippen LogP contribution in [0.15, 0.2) is 71.0 Å². The number of hydrogen-bond acceptors (Lipinski definition) is 3. The van der Waals surface area contributed by atoms with Crippen LogP contribution >= 0.6 is 11.3 Å². The molecule has 0 saturated carbocycles. The molecule has 0 unspecified atom stereocenters. The second kappa shape index (κ2) is 7.16. The number of aromatic nitrogens is 1. The van der Waals surface area contributed by atoms with Crippen LogP contribution in [0.1, 0.15) is 12.8 Å². The summed E-state index contributed by atoms with van der Waals surface area (Å²) in [5, 5.41) is 2.20. The molecule has 4 rings (SSSR count). The second-order valence-corrected chi connectivity index (χ2v) is 6.80. The maximum Gasteiger partial charge on any atom is 0.190 e. The summed E-state index contributed by atoms with van der Waals surface area (Å²) in [5.41, 5.74) is 3.42. The predicted molar refractivity (Wildman–Crippen MR) is 98.4 cm³/mol. The van der Waals surface area contributed by atoms with Crippen molar-refractivity contribution in [3.05, 3.63) is 70.8 Å². The zero-order valence-electron chi connectivity index (χ0n) is 13.5. The van der Waals surface area contributed by atoms with Crippen LogP contribution in [0, 0.1) is 0 Å². The van der Waals surface area contributed by atoms with Crippen LogP contribution < -0.4 is 4.80 Å². The molecule has 1 aromatic heterocycles. The lowest BCUT2D eigenvalue weighted by Crippen LogP contribution is -2.23. The van der Waals surface area contributed by atoms with Gasteiger partial charge in [-0.1, -0.05) is 48.5 Å². The lowest BCUT2D eigenvalue weighted by atomic mass is 10.1. The molecule has 1 aliphatic heterocycles. The maximum atomic E-state index is 5.86. The van der Waals surface area contributed by atoms with Gasteiger partial charge in [0.05, 0.1) is 24.0 Å². The molecule has 3 aromatic rings. The SMILES string of the molecule is c1ccc(N=c2scc(-c3ccccc3)n2C[C@H]2CCCO2)cc1. The van der Waals surface area contributed by atoms with E-state index in [2.05, 4.69) is 40.3 Å². The van der Waals surface area contributed by atoms with Crippen molar-refractivity contribution in [2.45, 2.75) is 25.5 Å². The standard InChI is InChI=1S/C20H20N2OS/c1-3-8-16(9-4-1)19-15-24-20(21-17-10-5-2-6-11-17)22(19)14-18-12-7-13-23-18/h1-6,8-11,15,18H,7,12-14H2/t18-/m1/s1. The minimum absolute atomic E-state index is 0.289. The molecule has 0 amide bonds. The zero-order chi connectivity index (χ0) is 16.2. The van der Waals surface area contributed by atoms with Crippen LogP contribution in [-0.4, -0.2) is 17.3 Å². The summed E-state index contributed by atoms with van der Waals surface area (Å²) in [7, 11) is 0. The van der Waals surface area contributed by atoms with Gasteiger partial charge < -0.3 is 9.30 Å². The first-order chi connectivity index (χ1) is 11.9. The van der Waals surface area contributed by atoms with Gasteiger partial charge in [-0.15, -0.1) is 11.3 Å². The monoisotopic (exact) mass is 336 g/mol. The molecule has 24 heavy (non-hydrogen) atoms. The molecule has 4 heteroatoms. The highest BCUT2D eigenvalue weighted by Gasteiger charge is 2.18. The van der Waals surface area contributed by atoms with Gasteiger partial charge in [0.15, 0.2) is 4.80 Å². The molecule has 0 bridgehead atoms. The molecule has 0 spiro atoms. The van der Waals surface area contributed by atoms with Crippen LogP contribution in [-0.2, 0) is 11.3 Å². The third-order valence-corrected chi connectivity index (χ3v) is 5.12. The van der Waals surface area contributed by atoms with Crippen molar-refractivity contribution in [2.24, 2.45) is 4.99 Å². The summed E-state index contributed by atoms with van der Waals surface area (Å²) in [6.07, 6.45) is 2.57. The Morgan fingerprint density at radius 3 is 2.50 bits per heavy atom. The topological polar surface area (TPSA) is 26.5 Å². The Morgan fingerprint density at radius 2 is 1.79 bits per heavy atom. The second-order valence-electron chi connectivity index (χ2n) is 5.96. The molecule has 1 saturated heterocycles. The van der Waals surface area contributed by atoms with E-state index in [0.717, 1.165) is 36.5 Å². The number of nitrogens with zero attached hydrogens (tertiary/aromatic N) is 2. The highest BCUT2D eigenvalue weighted by atomic mass is 32.1. The van der Waals surface area contributed by atoms with E-state index in [-0.39, 0.29) is 6.10 Å². The van der Waals surface area contributed by atoms with Crippen molar-refractivity contribution < 1.29 is 4.74 Å². The number of hydrogen-bond donors (Lipinski definition) is 0. The number of rotatable bonds is 4. The minimum Gasteiger partial charge on any atom is -0.376 e. The molecule has 3 nitrogen and oxygen atoms in total. The van der Waals surface area contributed by atoms with Crippen LogP contribution in [0.2, 0.25) is 0 Å². The van der Waals surface area contributed by atoms with E-state index in [1.165, 1.54) is 11.3 Å². The summed E-state index contributed by atoms with van der Waals surface area (Å²) in [4.78, 5) is 5.88. The van der Waals surface area contributed by atoms with Crippen molar-refractivity contribution in [3.8, 4) is 11.3 Å². The Bertz CT molecular complexity index is 846. The molecular weight excluding hydrogens is 316 g/mol. The van der Waals surface area contributed by atoms with Crippen LogP contribution in [0.3, 0.4) is 0 Å². The van der Waals surface area contributed by atoms with E-state index in [0.29, 0.717) is 0 Å². The summed E-state index contributed by atoms with van der Waals surface area (Å²) >= 11 is 1.69. The van der Waals surface area contributed by atoms with Gasteiger partial charge in [-0.25, -0.2) is 4.99 Å². The van der Waals surface area contributed by atoms with E-state index in [9.17, 15) is 0 Å². The van der Waals surface area contributed by atoms with Crippen molar-refractivity contribution in [1.29, 1.82) is 0 Å². The van der Waals surface area contributed by atoms with Gasteiger partial charge in [0.1, 0.15) is 0 Å². The minimum atomic E-state index is 0.289. The Kier molecular flexibility index (Phi) is 4.58. The summed E-state index contributed by atoms with van der Waals surface area (Å²) < 4.78 is 8.17. The largest absolute Gasteiger partial charge is 0.376 e. The lowest BCUT2D eigenvalue weighted by molar-refractivity contribution is 0.0968. The molecule has 2 heterocycles. The lowest BCUT2D eigenvalue weighted by Gasteiger charge is -2.14. The number of para-hydroxylation sites is 1. The van der Waals surface area contributed by atoms with Gasteiger partial charge in [0.25, 0.3) is 0 Å². The van der Waals surface area contributed by atoms with Gasteiger partial charge in [0.2, 0.25) is 0 Å². The molecule has 1 fully saturated rings. The van der Waals surface area contributed by atoms with Gasteiger partial charge in [0, 0.05) is 12.0 Å². The summed E-state index contributed by atoms with van der Waals surface area (Å²) in [6.45, 7) is 1.74. The predicted octanol–water partition coefficient (Wildman–Crippen LogP) is 4.63. The van der Waals surface area contributed by atoms with Crippen molar-refractivity contribution >= 4 is 17.0 Å². The molecule has 2 aromatic carbocycles. The van der Waals surface area contributed by atoms with Gasteiger partial charge in [-0.2, -0.15) is 0 Å². The fraction of sp³-hybridized carbons (Fsp3) is 0.250. The van der Waals surface area contributed by atoms with E-state index in [1.807, 2.05) is 30.3 Å². The van der Waals surface area contributed by atoms with Crippen LogP contribution in [0.5, 0.6) is 0 Å². The van der Waals surface area contributed by atoms with E-state index < -0.39 is 0 Å². The highest BCUT2D eigenvalue weighted by Crippen LogP contribution is 2.23. The Morgan fingerprint density at radius 1 is 1.04 bits per heavy atom. The van der Waals surface area contributed by atoms with Crippen LogP contribution in [0.25, 0.3) is 11.3 Å². The number of benzene rings is 2. The molecule has 122 valence electrons. The van der Waals surface area contributed by atoms with Gasteiger partial charge in [-0.3, -0.25) is 0 Å². The summed E-state index contributed by atoms with van der Waals surface area (Å²) in [5.74, 6) is 0. The van der Waals surface area contributed by atoms with E-state index >= 15 is 0 Å². The first kappa shape index (κ1) is 15.4. The van der Waals surface area contributed by atoms with E-state index in [1.54, 1.807) is 11.3 Å². The fourth-order valence-electron chi connectivity index (χ4n) is 3.04. The quantitative estimate of drug-likeness (QED) is 0.682. The molecule has 0 N–H and O–H groups in total. The Balaban J connectivity index is 1.78. The third-order valence-electron chi connectivity index (χ3n) is 4.26. The normalized spacial score (nSPS) is 18.2. The first-order valence-corrected chi connectivity index (χ1v) is 9.23. The third kappa shape index (κ3) is 3.35. The smallest absolute Gasteiger partial charge is 0.190 e. The van der Waals surface area contributed by atoms with Crippen LogP contribution in [0.4, 0.5) is 5.69 Å². The Labute approximate surface area is 145 Å². The highest BCUT2D eigenvalue weighted by molar-refractivity contribution is 7.07. The van der Waals surface area contributed by atoms with Gasteiger partial charge in [-0.05, 0) is 30.5 Å². The fourth-order valence-corrected chi connectivity index (χ4v) is 3.98. The molecule has 1 atom stereocenters. The average Bonchev–Trinajstić information content (AvgIpc) is 3.28. The molecule has 0 aliphatic carbocycles.